The molecule has 3 aromatic rings. The van der Waals surface area contributed by atoms with Crippen LogP contribution in [-0.2, 0) is 32.8 Å². The summed E-state index contributed by atoms with van der Waals surface area (Å²) in [5, 5.41) is 3.51. The highest BCUT2D eigenvalue weighted by Crippen LogP contribution is 2.22. The number of carbonyl (C=O) groups is 2. The summed E-state index contributed by atoms with van der Waals surface area (Å²) in [7, 11) is -1.20. The molecule has 40 heavy (non-hydrogen) atoms. The van der Waals surface area contributed by atoms with Crippen LogP contribution >= 0.6 is 11.6 Å². The van der Waals surface area contributed by atoms with E-state index in [4.69, 9.17) is 11.6 Å². The molecule has 1 N–H and O–H groups in total. The second-order valence-corrected chi connectivity index (χ2v) is 12.3. The largest absolute Gasteiger partial charge is 0.352 e. The van der Waals surface area contributed by atoms with Crippen molar-refractivity contribution in [2.75, 3.05) is 24.9 Å². The van der Waals surface area contributed by atoms with Crippen molar-refractivity contribution in [1.29, 1.82) is 0 Å². The van der Waals surface area contributed by atoms with E-state index in [1.165, 1.54) is 19.0 Å². The summed E-state index contributed by atoms with van der Waals surface area (Å²) >= 11 is 6.25. The van der Waals surface area contributed by atoms with Crippen molar-refractivity contribution in [3.8, 4) is 0 Å². The predicted octanol–water partition coefficient (Wildman–Crippen LogP) is 4.51. The van der Waals surface area contributed by atoms with E-state index in [1.807, 2.05) is 50.2 Å². The average Bonchev–Trinajstić information content (AvgIpc) is 2.94. The van der Waals surface area contributed by atoms with Crippen LogP contribution < -0.4 is 9.62 Å². The van der Waals surface area contributed by atoms with Gasteiger partial charge in [-0.25, -0.2) is 4.31 Å². The lowest BCUT2D eigenvalue weighted by molar-refractivity contribution is -0.140. The maximum Gasteiger partial charge on any atom is 0.304 e. The molecule has 0 heterocycles. The quantitative estimate of drug-likeness (QED) is 0.320. The normalized spacial score (nSPS) is 12.9. The van der Waals surface area contributed by atoms with Crippen LogP contribution in [0, 0.1) is 0 Å². The first-order valence-corrected chi connectivity index (χ1v) is 14.9. The Bertz CT molecular complexity index is 1370. The molecule has 0 radical (unpaired) electrons. The number of nitrogens with one attached hydrogen (secondary N) is 1. The van der Waals surface area contributed by atoms with Gasteiger partial charge in [0.05, 0.1) is 5.69 Å². The second-order valence-electron chi connectivity index (χ2n) is 9.81. The van der Waals surface area contributed by atoms with Gasteiger partial charge in [-0.1, -0.05) is 79.2 Å². The van der Waals surface area contributed by atoms with Gasteiger partial charge in [0.2, 0.25) is 11.8 Å². The van der Waals surface area contributed by atoms with Crippen molar-refractivity contribution in [3.63, 3.8) is 0 Å². The predicted molar refractivity (Wildman–Crippen MR) is 160 cm³/mol. The molecular formula is C30H37ClN4O4S. The molecule has 10 heteroatoms. The molecule has 0 aliphatic heterocycles. The Balaban J connectivity index is 2.08. The van der Waals surface area contributed by atoms with Crippen LogP contribution in [-0.4, -0.2) is 62.2 Å². The average molecular weight is 585 g/mol. The van der Waals surface area contributed by atoms with E-state index in [2.05, 4.69) is 5.32 Å². The van der Waals surface area contributed by atoms with Gasteiger partial charge >= 0.3 is 10.2 Å². The van der Waals surface area contributed by atoms with Crippen molar-refractivity contribution in [2.45, 2.75) is 45.3 Å². The van der Waals surface area contributed by atoms with Crippen LogP contribution in [0.3, 0.4) is 0 Å². The lowest BCUT2D eigenvalue weighted by atomic mass is 10.0. The van der Waals surface area contributed by atoms with E-state index in [1.54, 1.807) is 48.5 Å². The summed E-state index contributed by atoms with van der Waals surface area (Å²) in [4.78, 5) is 29.3. The van der Waals surface area contributed by atoms with E-state index >= 15 is 0 Å². The first-order valence-electron chi connectivity index (χ1n) is 13.2. The standard InChI is InChI=1S/C30H37ClN4O4S/c1-5-23(2)32-30(37)28(20-24-13-8-6-9-14-24)34(21-25-15-12-16-26(31)19-25)29(36)22-35(40(38,39)33(3)4)27-17-10-7-11-18-27/h6-19,23,28H,5,20-22H2,1-4H3,(H,32,37)/t23-,28+/m0/s1. The van der Waals surface area contributed by atoms with Gasteiger partial charge in [0, 0.05) is 38.1 Å². The molecular weight excluding hydrogens is 548 g/mol. The van der Waals surface area contributed by atoms with Crippen molar-refractivity contribution < 1.29 is 18.0 Å². The van der Waals surface area contributed by atoms with Gasteiger partial charge in [0.25, 0.3) is 0 Å². The number of carbonyl (C=O) groups excluding carboxylic acids is 2. The van der Waals surface area contributed by atoms with E-state index < -0.39 is 28.7 Å². The fraction of sp³-hybridized carbons (Fsp3) is 0.333. The van der Waals surface area contributed by atoms with Crippen molar-refractivity contribution >= 4 is 39.3 Å². The van der Waals surface area contributed by atoms with Crippen LogP contribution in [0.4, 0.5) is 5.69 Å². The lowest BCUT2D eigenvalue weighted by Gasteiger charge is -2.35. The first-order chi connectivity index (χ1) is 19.0. The van der Waals surface area contributed by atoms with Crippen LogP contribution in [0.5, 0.6) is 0 Å². The third-order valence-corrected chi connectivity index (χ3v) is 8.63. The molecule has 0 unspecified atom stereocenters. The van der Waals surface area contributed by atoms with Gasteiger partial charge in [-0.15, -0.1) is 0 Å². The topological polar surface area (TPSA) is 90.0 Å². The number of amides is 2. The molecule has 2 amide bonds. The molecule has 2 atom stereocenters. The monoisotopic (exact) mass is 584 g/mol. The van der Waals surface area contributed by atoms with Crippen LogP contribution in [0.15, 0.2) is 84.9 Å². The van der Waals surface area contributed by atoms with Gasteiger partial charge in [-0.2, -0.15) is 12.7 Å². The number of hydrogen-bond donors (Lipinski definition) is 1. The molecule has 0 saturated carbocycles. The molecule has 3 aromatic carbocycles. The molecule has 0 spiro atoms. The van der Waals surface area contributed by atoms with Gasteiger partial charge in [0.15, 0.2) is 0 Å². The lowest BCUT2D eigenvalue weighted by Crippen LogP contribution is -2.55. The maximum atomic E-state index is 14.2. The fourth-order valence-electron chi connectivity index (χ4n) is 4.14. The molecule has 8 nitrogen and oxygen atoms in total. The van der Waals surface area contributed by atoms with Crippen LogP contribution in [0.2, 0.25) is 5.02 Å². The number of benzene rings is 3. The molecule has 0 aromatic heterocycles. The summed E-state index contributed by atoms with van der Waals surface area (Å²) < 4.78 is 28.8. The van der Waals surface area contributed by atoms with Crippen molar-refractivity contribution in [1.82, 2.24) is 14.5 Å². The number of anilines is 1. The summed E-state index contributed by atoms with van der Waals surface area (Å²) in [5.41, 5.74) is 1.93. The Kier molecular flexibility index (Phi) is 11.1. The highest BCUT2D eigenvalue weighted by molar-refractivity contribution is 7.90. The third-order valence-electron chi connectivity index (χ3n) is 6.58. The SMILES string of the molecule is CC[C@H](C)NC(=O)[C@@H](Cc1ccccc1)N(Cc1cccc(Cl)c1)C(=O)CN(c1ccccc1)S(=O)(=O)N(C)C. The molecule has 0 aliphatic rings. The minimum atomic E-state index is -4.03. The highest BCUT2D eigenvalue weighted by Gasteiger charge is 2.35. The van der Waals surface area contributed by atoms with Gasteiger partial charge in [-0.3, -0.25) is 9.59 Å². The Labute approximate surface area is 242 Å². The number of halogens is 1. The highest BCUT2D eigenvalue weighted by atomic mass is 35.5. The summed E-state index contributed by atoms with van der Waals surface area (Å²) in [6, 6.07) is 24.0. The molecule has 0 fully saturated rings. The number of hydrogen-bond acceptors (Lipinski definition) is 4. The Hall–Kier alpha value is -3.40. The Morgan fingerprint density at radius 2 is 1.50 bits per heavy atom. The van der Waals surface area contributed by atoms with Crippen LogP contribution in [0.1, 0.15) is 31.4 Å². The van der Waals surface area contributed by atoms with E-state index in [9.17, 15) is 18.0 Å². The molecule has 3 rings (SSSR count). The van der Waals surface area contributed by atoms with Gasteiger partial charge in [-0.05, 0) is 48.7 Å². The second kappa shape index (κ2) is 14.3. The first kappa shape index (κ1) is 31.1. The zero-order valence-electron chi connectivity index (χ0n) is 23.3. The van der Waals surface area contributed by atoms with E-state index in [-0.39, 0.29) is 24.9 Å². The molecule has 214 valence electrons. The Morgan fingerprint density at radius 3 is 2.08 bits per heavy atom. The fourth-order valence-corrected chi connectivity index (χ4v) is 5.41. The zero-order valence-corrected chi connectivity index (χ0v) is 24.9. The van der Waals surface area contributed by atoms with Crippen molar-refractivity contribution in [3.05, 3.63) is 101 Å². The molecule has 0 bridgehead atoms. The molecule has 0 aliphatic carbocycles. The smallest absolute Gasteiger partial charge is 0.304 e. The zero-order chi connectivity index (χ0) is 29.3. The number of para-hydroxylation sites is 1. The number of rotatable bonds is 13. The maximum absolute atomic E-state index is 14.2. The summed E-state index contributed by atoms with van der Waals surface area (Å²) in [6.07, 6.45) is 0.968. The Morgan fingerprint density at radius 1 is 0.900 bits per heavy atom. The number of nitrogens with zero attached hydrogens (tertiary/aromatic N) is 3. The van der Waals surface area contributed by atoms with E-state index in [0.29, 0.717) is 10.7 Å². The van der Waals surface area contributed by atoms with Gasteiger partial charge in [0.1, 0.15) is 12.6 Å². The van der Waals surface area contributed by atoms with E-state index in [0.717, 1.165) is 26.2 Å². The summed E-state index contributed by atoms with van der Waals surface area (Å²) in [6.45, 7) is 3.44. The van der Waals surface area contributed by atoms with Crippen LogP contribution in [0.25, 0.3) is 0 Å². The van der Waals surface area contributed by atoms with Crippen molar-refractivity contribution in [2.24, 2.45) is 0 Å². The third kappa shape index (κ3) is 8.30. The van der Waals surface area contributed by atoms with Gasteiger partial charge < -0.3 is 10.2 Å². The molecule has 0 saturated heterocycles. The summed E-state index contributed by atoms with van der Waals surface area (Å²) in [5.74, 6) is -0.829. The minimum Gasteiger partial charge on any atom is -0.352 e. The minimum absolute atomic E-state index is 0.0649.